The van der Waals surface area contributed by atoms with E-state index in [1.54, 1.807) is 98.7 Å². The molecule has 2 bridgehead atoms. The van der Waals surface area contributed by atoms with Gasteiger partial charge in [0, 0.05) is 30.1 Å². The van der Waals surface area contributed by atoms with E-state index in [-0.39, 0.29) is 30.8 Å². The highest BCUT2D eigenvalue weighted by atomic mass is 16.8. The molecule has 2 saturated carbocycles. The number of hydrogen-bond donors (Lipinski definition) is 4. The van der Waals surface area contributed by atoms with Gasteiger partial charge in [0.1, 0.15) is 47.4 Å². The summed E-state index contributed by atoms with van der Waals surface area (Å²) in [5, 5.41) is 40.5. The van der Waals surface area contributed by atoms with Gasteiger partial charge in [-0.3, -0.25) is 4.79 Å². The largest absolute Gasteiger partial charge is 0.467 e. The summed E-state index contributed by atoms with van der Waals surface area (Å²) in [5.74, 6) is -5.07. The van der Waals surface area contributed by atoms with Crippen molar-refractivity contribution < 1.29 is 72.1 Å². The SMILES string of the molecule is C=CCCC(=O)O[C@@]12CO[C@@H]1C[C@H](O)[C@@]1(C)[C@@H]3OC(C)(C)O[C@@H]3C3=C(C)[C@@H](OC(=O)[C@H](O)[C@@H](NC(=O)OC(C)(C)C)c4ccco4)C[C@@](O)([C@@H](OC(=O)c4ccccc4)[C@H]21)C3(C)C. The number of amides is 1. The van der Waals surface area contributed by atoms with Gasteiger partial charge in [0.05, 0.1) is 36.6 Å². The van der Waals surface area contributed by atoms with Crippen molar-refractivity contribution in [1.29, 1.82) is 0 Å². The number of alkyl carbamates (subject to hydrolysis) is 1. The lowest BCUT2D eigenvalue weighted by Gasteiger charge is -2.69. The summed E-state index contributed by atoms with van der Waals surface area (Å²) in [7, 11) is 0. The van der Waals surface area contributed by atoms with Crippen LogP contribution in [-0.2, 0) is 42.7 Å². The van der Waals surface area contributed by atoms with Crippen molar-refractivity contribution in [3.63, 3.8) is 0 Å². The fourth-order valence-electron chi connectivity index (χ4n) is 10.7. The molecule has 3 heterocycles. The predicted octanol–water partition coefficient (Wildman–Crippen LogP) is 5.39. The Morgan fingerprint density at radius 3 is 2.32 bits per heavy atom. The van der Waals surface area contributed by atoms with E-state index in [9.17, 15) is 34.5 Å². The van der Waals surface area contributed by atoms with Gasteiger partial charge < -0.3 is 58.2 Å². The second-order valence-electron chi connectivity index (χ2n) is 19.7. The minimum absolute atomic E-state index is 0.0141. The van der Waals surface area contributed by atoms with E-state index >= 15 is 0 Å². The second kappa shape index (κ2) is 16.4. The average Bonchev–Trinajstić information content (AvgIpc) is 3.85. The summed E-state index contributed by atoms with van der Waals surface area (Å²) in [6.07, 6.45) is -7.31. The molecule has 4 fully saturated rings. The molecule has 3 aliphatic carbocycles. The van der Waals surface area contributed by atoms with Crippen LogP contribution in [-0.4, -0.2) is 111 Å². The van der Waals surface area contributed by atoms with Crippen LogP contribution in [0.3, 0.4) is 0 Å². The molecule has 16 nitrogen and oxygen atoms in total. The third kappa shape index (κ3) is 8.01. The third-order valence-electron chi connectivity index (χ3n) is 13.8. The first-order valence-electron chi connectivity index (χ1n) is 21.5. The van der Waals surface area contributed by atoms with Crippen LogP contribution in [0.25, 0.3) is 0 Å². The van der Waals surface area contributed by atoms with E-state index in [0.29, 0.717) is 17.6 Å². The van der Waals surface area contributed by atoms with Crippen molar-refractivity contribution in [2.45, 2.75) is 159 Å². The number of benzene rings is 1. The molecular weight excluding hydrogens is 819 g/mol. The number of esters is 3. The molecule has 16 heteroatoms. The number of carbonyl (C=O) groups is 4. The number of allylic oxidation sites excluding steroid dienone is 1. The Morgan fingerprint density at radius 2 is 1.71 bits per heavy atom. The van der Waals surface area contributed by atoms with Gasteiger partial charge in [-0.2, -0.15) is 0 Å². The molecule has 2 aromatic rings. The zero-order chi connectivity index (χ0) is 46.1. The van der Waals surface area contributed by atoms with Crippen LogP contribution < -0.4 is 5.32 Å². The summed E-state index contributed by atoms with van der Waals surface area (Å²) in [4.78, 5) is 55.5. The van der Waals surface area contributed by atoms with Gasteiger partial charge in [0.2, 0.25) is 0 Å². The minimum Gasteiger partial charge on any atom is -0.467 e. The van der Waals surface area contributed by atoms with Crippen molar-refractivity contribution in [3.05, 3.63) is 83.9 Å². The maximum absolute atomic E-state index is 14.5. The lowest BCUT2D eigenvalue weighted by molar-refractivity contribution is -0.363. The van der Waals surface area contributed by atoms with Gasteiger partial charge >= 0.3 is 24.0 Å². The summed E-state index contributed by atoms with van der Waals surface area (Å²) >= 11 is 0. The van der Waals surface area contributed by atoms with Crippen molar-refractivity contribution in [3.8, 4) is 0 Å². The van der Waals surface area contributed by atoms with E-state index < -0.39 is 119 Å². The zero-order valence-electron chi connectivity index (χ0n) is 37.4. The number of aliphatic hydroxyl groups is 3. The third-order valence-corrected chi connectivity index (χ3v) is 13.8. The molecule has 7 rings (SSSR count). The number of aliphatic hydroxyl groups excluding tert-OH is 2. The lowest BCUT2D eigenvalue weighted by Crippen LogP contribution is -2.82. The molecule has 5 aliphatic rings. The summed E-state index contributed by atoms with van der Waals surface area (Å²) in [6, 6.07) is 9.71. The highest BCUT2D eigenvalue weighted by Gasteiger charge is 2.79. The smallest absolute Gasteiger partial charge is 0.408 e. The van der Waals surface area contributed by atoms with E-state index in [4.69, 9.17) is 37.6 Å². The number of hydrogen-bond acceptors (Lipinski definition) is 15. The van der Waals surface area contributed by atoms with Crippen LogP contribution in [0.15, 0.2) is 76.9 Å². The van der Waals surface area contributed by atoms with Gasteiger partial charge in [0.15, 0.2) is 17.5 Å². The van der Waals surface area contributed by atoms with E-state index in [1.807, 2.05) is 0 Å². The topological polar surface area (TPSA) is 219 Å². The van der Waals surface area contributed by atoms with Crippen molar-refractivity contribution in [1.82, 2.24) is 5.32 Å². The molecule has 2 aliphatic heterocycles. The molecule has 1 aromatic carbocycles. The average molecular weight is 880 g/mol. The summed E-state index contributed by atoms with van der Waals surface area (Å²) in [5.41, 5.74) is -6.49. The Labute approximate surface area is 367 Å². The maximum Gasteiger partial charge on any atom is 0.408 e. The van der Waals surface area contributed by atoms with Crippen LogP contribution in [0, 0.1) is 16.7 Å². The minimum atomic E-state index is -2.21. The molecule has 1 amide bonds. The number of fused-ring (bicyclic) bond motifs is 8. The Bertz CT molecular complexity index is 2110. The standard InChI is InChI=1S/C47H61NO15/c1-11-12-20-31(50)60-46-24-57-30(46)22-29(49)45(10)36(46)38(59-39(52)26-17-14-13-15-18-26)47(55)23-28(25(2)32(43(47,6)7)35-37(45)62-44(8,9)61-35)58-40(53)34(51)33(27-19-16-21-56-27)48-41(54)63-42(3,4)5/h11,13-19,21,28-30,33-38,49,51,55H,1,12,20,22-24H2,2-10H3,(H,48,54)/t28-,29-,30+,33-,34+,35+,36-,37+,38-,45+,46-,47+/m0/s1. The number of rotatable bonds is 11. The van der Waals surface area contributed by atoms with Crippen LogP contribution in [0.5, 0.6) is 0 Å². The molecule has 4 N–H and O–H groups in total. The number of furan rings is 1. The van der Waals surface area contributed by atoms with Gasteiger partial charge in [-0.1, -0.05) is 45.0 Å². The van der Waals surface area contributed by atoms with Crippen molar-refractivity contribution >= 4 is 24.0 Å². The van der Waals surface area contributed by atoms with Gasteiger partial charge in [-0.05, 0) is 83.4 Å². The fraction of sp³-hybridized carbons (Fsp3) is 0.617. The highest BCUT2D eigenvalue weighted by molar-refractivity contribution is 5.89. The highest BCUT2D eigenvalue weighted by Crippen LogP contribution is 2.67. The lowest BCUT2D eigenvalue weighted by atomic mass is 9.44. The Hall–Kier alpha value is -4.58. The predicted molar refractivity (Wildman–Crippen MR) is 222 cm³/mol. The molecule has 12 atom stereocenters. The van der Waals surface area contributed by atoms with Gasteiger partial charge in [-0.25, -0.2) is 14.4 Å². The van der Waals surface area contributed by atoms with Crippen LogP contribution in [0.1, 0.15) is 110 Å². The number of carbonyl (C=O) groups excluding carboxylic acids is 4. The summed E-state index contributed by atoms with van der Waals surface area (Å²) in [6.45, 7) is 19.0. The van der Waals surface area contributed by atoms with E-state index in [2.05, 4.69) is 11.9 Å². The number of nitrogens with one attached hydrogen (secondary N) is 1. The molecule has 0 unspecified atom stereocenters. The summed E-state index contributed by atoms with van der Waals surface area (Å²) < 4.78 is 49.9. The molecule has 0 radical (unpaired) electrons. The van der Waals surface area contributed by atoms with E-state index in [1.165, 1.54) is 18.4 Å². The Morgan fingerprint density at radius 1 is 1.02 bits per heavy atom. The molecule has 0 spiro atoms. The molecule has 1 aromatic heterocycles. The quantitative estimate of drug-likeness (QED) is 0.126. The first kappa shape index (κ1) is 46.4. The Balaban J connectivity index is 1.39. The first-order chi connectivity index (χ1) is 29.4. The normalized spacial score (nSPS) is 34.8. The van der Waals surface area contributed by atoms with Crippen molar-refractivity contribution in [2.75, 3.05) is 6.61 Å². The van der Waals surface area contributed by atoms with Crippen LogP contribution in [0.4, 0.5) is 4.79 Å². The second-order valence-corrected chi connectivity index (χ2v) is 19.7. The van der Waals surface area contributed by atoms with E-state index in [0.717, 1.165) is 0 Å². The first-order valence-corrected chi connectivity index (χ1v) is 21.5. The zero-order valence-corrected chi connectivity index (χ0v) is 37.4. The van der Waals surface area contributed by atoms with Crippen LogP contribution >= 0.6 is 0 Å². The van der Waals surface area contributed by atoms with Crippen LogP contribution in [0.2, 0.25) is 0 Å². The maximum atomic E-state index is 14.5. The molecule has 63 heavy (non-hydrogen) atoms. The Kier molecular flexibility index (Phi) is 12.1. The van der Waals surface area contributed by atoms with Gasteiger partial charge in [-0.15, -0.1) is 6.58 Å². The fourth-order valence-corrected chi connectivity index (χ4v) is 10.7. The number of ether oxygens (including phenoxy) is 7. The van der Waals surface area contributed by atoms with Gasteiger partial charge in [0.25, 0.3) is 0 Å². The monoisotopic (exact) mass is 879 g/mol. The van der Waals surface area contributed by atoms with Crippen molar-refractivity contribution in [2.24, 2.45) is 16.7 Å². The molecular formula is C47H61NO15. The molecule has 2 saturated heterocycles. The molecule has 344 valence electrons.